The number of carbonyl (C=O) groups is 2. The molecule has 0 saturated carbocycles. The van der Waals surface area contributed by atoms with E-state index in [1.165, 1.54) is 38.1 Å². The molecule has 3 aromatic carbocycles. The summed E-state index contributed by atoms with van der Waals surface area (Å²) in [6.07, 6.45) is 0. The Kier molecular flexibility index (Phi) is 14.2. The molecule has 0 heterocycles. The van der Waals surface area contributed by atoms with Gasteiger partial charge in [0.25, 0.3) is 0 Å². The second-order valence-electron chi connectivity index (χ2n) is 7.39. The van der Waals surface area contributed by atoms with Gasteiger partial charge >= 0.3 is 0 Å². The third-order valence-corrected chi connectivity index (χ3v) is 6.14. The topological polar surface area (TPSA) is 158 Å². The molecule has 0 bridgehead atoms. The summed E-state index contributed by atoms with van der Waals surface area (Å²) in [6.45, 7) is 3.11. The lowest BCUT2D eigenvalue weighted by atomic mass is 10.2. The molecule has 0 unspecified atom stereocenters. The molecule has 3 rings (SSSR count). The number of nitrogens with one attached hydrogen (secondary N) is 2. The number of rotatable bonds is 3. The highest BCUT2D eigenvalue weighted by atomic mass is 35.5. The van der Waals surface area contributed by atoms with Crippen molar-refractivity contribution in [1.29, 1.82) is 10.5 Å². The smallest absolute Gasteiger partial charge is 0.221 e. The van der Waals surface area contributed by atoms with E-state index >= 15 is 0 Å². The third-order valence-electron chi connectivity index (χ3n) is 4.32. The number of anilines is 3. The molecule has 204 valence electrons. The van der Waals surface area contributed by atoms with Crippen LogP contribution in [-0.4, -0.2) is 11.8 Å². The monoisotopic (exact) mass is 646 g/mol. The predicted molar refractivity (Wildman–Crippen MR) is 160 cm³/mol. The van der Waals surface area contributed by atoms with Crippen LogP contribution in [0.25, 0.3) is 0 Å². The number of nitrogen functional groups attached to an aromatic ring is 1. The van der Waals surface area contributed by atoms with Gasteiger partial charge in [-0.3, -0.25) is 9.59 Å². The van der Waals surface area contributed by atoms with Gasteiger partial charge in [-0.05, 0) is 42.0 Å². The van der Waals surface area contributed by atoms with E-state index < -0.39 is 0 Å². The van der Waals surface area contributed by atoms with Crippen LogP contribution in [0.3, 0.4) is 0 Å². The fourth-order valence-electron chi connectivity index (χ4n) is 2.62. The minimum absolute atomic E-state index is 0.214. The summed E-state index contributed by atoms with van der Waals surface area (Å²) in [5.74, 6) is -0.479. The number of hydrogen-bond acceptors (Lipinski definition) is 6. The number of carbonyl (C=O) groups excluding carboxylic acids is 2. The lowest BCUT2D eigenvalue weighted by molar-refractivity contribution is -0.115. The predicted octanol–water partition coefficient (Wildman–Crippen LogP) is 7.68. The largest absolute Gasteiger partial charge is 0.396 e. The summed E-state index contributed by atoms with van der Waals surface area (Å²) in [7, 11) is 0. The van der Waals surface area contributed by atoms with Crippen LogP contribution >= 0.6 is 69.6 Å². The number of benzene rings is 3. The van der Waals surface area contributed by atoms with Gasteiger partial charge < -0.3 is 22.1 Å². The van der Waals surface area contributed by atoms with Gasteiger partial charge in [0.2, 0.25) is 11.8 Å². The van der Waals surface area contributed by atoms with Crippen molar-refractivity contribution >= 4 is 98.5 Å². The zero-order valence-electron chi connectivity index (χ0n) is 20.3. The van der Waals surface area contributed by atoms with E-state index in [2.05, 4.69) is 10.6 Å². The fourth-order valence-corrected chi connectivity index (χ4v) is 4.32. The van der Waals surface area contributed by atoms with Crippen molar-refractivity contribution < 1.29 is 9.59 Å². The SMILES string of the molecule is CC(=O)Nc1c(Cl)cc(C#N)cc1Cl.CC(=O)Nc1c(Cl)cc(CN)cc1Cl.N#Cc1cc(Cl)c(N)c(Cl)c1. The summed E-state index contributed by atoms with van der Waals surface area (Å²) >= 11 is 34.7. The molecule has 0 atom stereocenters. The quantitative estimate of drug-likeness (QED) is 0.213. The molecule has 0 aliphatic carbocycles. The van der Waals surface area contributed by atoms with Gasteiger partial charge in [0, 0.05) is 20.4 Å². The van der Waals surface area contributed by atoms with Crippen LogP contribution in [-0.2, 0) is 16.1 Å². The van der Waals surface area contributed by atoms with Crippen molar-refractivity contribution in [3.8, 4) is 12.1 Å². The van der Waals surface area contributed by atoms with E-state index in [1.54, 1.807) is 12.1 Å². The molecular formula is C25H20Cl6N6O2. The summed E-state index contributed by atoms with van der Waals surface area (Å²) in [4.78, 5) is 21.6. The molecule has 0 spiro atoms. The average Bonchev–Trinajstić information content (AvgIpc) is 2.86. The summed E-state index contributed by atoms with van der Waals surface area (Å²) in [5.41, 5.74) is 13.5. The molecule has 0 aliphatic rings. The Morgan fingerprint density at radius 3 is 1.28 bits per heavy atom. The van der Waals surface area contributed by atoms with Crippen LogP contribution < -0.4 is 22.1 Å². The molecule has 8 nitrogen and oxygen atoms in total. The number of hydrogen-bond donors (Lipinski definition) is 4. The Balaban J connectivity index is 0.000000295. The van der Waals surface area contributed by atoms with Crippen molar-refractivity contribution in [3.63, 3.8) is 0 Å². The molecule has 14 heteroatoms. The average molecular weight is 649 g/mol. The van der Waals surface area contributed by atoms with Gasteiger partial charge in [0.15, 0.2) is 0 Å². The maximum Gasteiger partial charge on any atom is 0.221 e. The van der Waals surface area contributed by atoms with Crippen molar-refractivity contribution in [2.75, 3.05) is 16.4 Å². The Morgan fingerprint density at radius 2 is 1.00 bits per heavy atom. The van der Waals surface area contributed by atoms with Crippen LogP contribution in [0.5, 0.6) is 0 Å². The molecule has 0 saturated heterocycles. The van der Waals surface area contributed by atoms with E-state index in [-0.39, 0.29) is 21.9 Å². The minimum Gasteiger partial charge on any atom is -0.396 e. The molecule has 0 radical (unpaired) electrons. The first-order valence-electron chi connectivity index (χ1n) is 10.5. The van der Waals surface area contributed by atoms with E-state index in [1.807, 2.05) is 12.1 Å². The zero-order valence-corrected chi connectivity index (χ0v) is 24.8. The molecule has 39 heavy (non-hydrogen) atoms. The normalized spacial score (nSPS) is 9.51. The van der Waals surface area contributed by atoms with E-state index in [9.17, 15) is 9.59 Å². The van der Waals surface area contributed by atoms with Gasteiger partial charge in [-0.1, -0.05) is 69.6 Å². The summed E-state index contributed by atoms with van der Waals surface area (Å²) in [5, 5.41) is 24.0. The Labute approximate surface area is 255 Å². The first kappa shape index (κ1) is 34.1. The maximum absolute atomic E-state index is 10.8. The van der Waals surface area contributed by atoms with Gasteiger partial charge in [0.1, 0.15) is 0 Å². The van der Waals surface area contributed by atoms with Crippen molar-refractivity contribution in [3.05, 3.63) is 83.2 Å². The molecule has 0 aromatic heterocycles. The highest BCUT2D eigenvalue weighted by Gasteiger charge is 2.10. The van der Waals surface area contributed by atoms with Crippen molar-refractivity contribution in [2.45, 2.75) is 20.4 Å². The molecule has 6 N–H and O–H groups in total. The van der Waals surface area contributed by atoms with Crippen LogP contribution in [0.4, 0.5) is 17.1 Å². The number of amides is 2. The molecule has 2 amide bonds. The Hall–Kier alpha value is -2.92. The van der Waals surface area contributed by atoms with Crippen molar-refractivity contribution in [2.24, 2.45) is 5.73 Å². The van der Waals surface area contributed by atoms with Crippen LogP contribution in [0, 0.1) is 22.7 Å². The zero-order chi connectivity index (χ0) is 29.9. The number of nitrogens with zero attached hydrogens (tertiary/aromatic N) is 2. The standard InChI is InChI=1S/C9H10Cl2N2O.C9H6Cl2N2O.C7H4Cl2N2/c2*1-5(14)13-9-7(10)2-6(4-12)3-8(9)11;8-5-1-4(3-10)2-6(9)7(5)11/h2-3H,4,12H2,1H3,(H,13,14);2-3H,1H3,(H,13,14);1-2H,11H2. The van der Waals surface area contributed by atoms with Crippen LogP contribution in [0.15, 0.2) is 36.4 Å². The molecular weight excluding hydrogens is 629 g/mol. The van der Waals surface area contributed by atoms with Gasteiger partial charge in [-0.2, -0.15) is 10.5 Å². The molecule has 0 aliphatic heterocycles. The summed E-state index contributed by atoms with van der Waals surface area (Å²) < 4.78 is 0. The fraction of sp³-hybridized carbons (Fsp3) is 0.120. The van der Waals surface area contributed by atoms with Gasteiger partial charge in [0.05, 0.1) is 70.5 Å². The lowest BCUT2D eigenvalue weighted by Gasteiger charge is -2.09. The van der Waals surface area contributed by atoms with Gasteiger partial charge in [-0.25, -0.2) is 0 Å². The summed E-state index contributed by atoms with van der Waals surface area (Å²) in [6, 6.07) is 13.0. The number of nitrogens with two attached hydrogens (primary N) is 2. The second-order valence-corrected chi connectivity index (χ2v) is 9.84. The Bertz CT molecular complexity index is 1400. The molecule has 3 aromatic rings. The van der Waals surface area contributed by atoms with E-state index in [0.717, 1.165) is 5.56 Å². The number of nitriles is 2. The second kappa shape index (κ2) is 16.2. The minimum atomic E-state index is -0.265. The van der Waals surface area contributed by atoms with E-state index in [4.69, 9.17) is 91.6 Å². The first-order chi connectivity index (χ1) is 18.2. The van der Waals surface area contributed by atoms with Gasteiger partial charge in [-0.15, -0.1) is 0 Å². The van der Waals surface area contributed by atoms with Crippen LogP contribution in [0.2, 0.25) is 30.1 Å². The van der Waals surface area contributed by atoms with Crippen LogP contribution in [0.1, 0.15) is 30.5 Å². The molecule has 0 fully saturated rings. The lowest BCUT2D eigenvalue weighted by Crippen LogP contribution is -2.07. The Morgan fingerprint density at radius 1 is 0.692 bits per heavy atom. The maximum atomic E-state index is 10.8. The van der Waals surface area contributed by atoms with Crippen molar-refractivity contribution in [1.82, 2.24) is 0 Å². The highest BCUT2D eigenvalue weighted by molar-refractivity contribution is 6.41. The first-order valence-corrected chi connectivity index (χ1v) is 12.8. The van der Waals surface area contributed by atoms with E-state index in [0.29, 0.717) is 54.8 Å². The highest BCUT2D eigenvalue weighted by Crippen LogP contribution is 2.32. The third kappa shape index (κ3) is 11.0. The number of halogens is 6.